The number of halogens is 1. The summed E-state index contributed by atoms with van der Waals surface area (Å²) in [7, 11) is 0. The van der Waals surface area contributed by atoms with Gasteiger partial charge in [-0.05, 0) is 18.1 Å². The summed E-state index contributed by atoms with van der Waals surface area (Å²) in [5.74, 6) is -1.32. The normalized spacial score (nSPS) is 10.9. The highest BCUT2D eigenvalue weighted by atomic mass is 32.1. The van der Waals surface area contributed by atoms with Gasteiger partial charge in [0.05, 0.1) is 5.69 Å². The van der Waals surface area contributed by atoms with Gasteiger partial charge in [0.25, 0.3) is 0 Å². The Kier molecular flexibility index (Phi) is 3.43. The lowest BCUT2D eigenvalue weighted by atomic mass is 10.1. The second-order valence-corrected chi connectivity index (χ2v) is 5.20. The lowest BCUT2D eigenvalue weighted by molar-refractivity contribution is 0.0700. The van der Waals surface area contributed by atoms with E-state index in [-0.39, 0.29) is 16.6 Å². The van der Waals surface area contributed by atoms with Gasteiger partial charge in [-0.2, -0.15) is 0 Å². The first-order valence-electron chi connectivity index (χ1n) is 5.49. The Morgan fingerprint density at radius 2 is 2.17 bits per heavy atom. The Bertz CT molecular complexity index is 592. The molecule has 2 aromatic rings. The third kappa shape index (κ3) is 2.41. The van der Waals surface area contributed by atoms with Gasteiger partial charge in [0.2, 0.25) is 0 Å². The number of carboxylic acids is 1. The van der Waals surface area contributed by atoms with Crippen LogP contribution < -0.4 is 0 Å². The Hall–Kier alpha value is -1.75. The van der Waals surface area contributed by atoms with Crippen molar-refractivity contribution in [3.63, 3.8) is 0 Å². The Morgan fingerprint density at radius 3 is 2.67 bits per heavy atom. The van der Waals surface area contributed by atoms with Crippen molar-refractivity contribution < 1.29 is 14.3 Å². The number of nitrogens with zero attached hydrogens (tertiary/aromatic N) is 1. The van der Waals surface area contributed by atoms with Gasteiger partial charge in [-0.25, -0.2) is 14.2 Å². The molecule has 18 heavy (non-hydrogen) atoms. The van der Waals surface area contributed by atoms with Crippen LogP contribution in [0.1, 0.15) is 35.1 Å². The maximum Gasteiger partial charge on any atom is 0.347 e. The van der Waals surface area contributed by atoms with Gasteiger partial charge in [-0.15, -0.1) is 11.3 Å². The molecule has 1 aromatic carbocycles. The number of hydrogen-bond acceptors (Lipinski definition) is 3. The average Bonchev–Trinajstić information content (AvgIpc) is 2.73. The quantitative estimate of drug-likeness (QED) is 0.919. The van der Waals surface area contributed by atoms with E-state index in [9.17, 15) is 9.18 Å². The first-order chi connectivity index (χ1) is 8.49. The molecule has 2 rings (SSSR count). The second-order valence-electron chi connectivity index (χ2n) is 4.20. The van der Waals surface area contributed by atoms with Crippen LogP contribution in [0, 0.1) is 5.82 Å². The maximum absolute atomic E-state index is 13.1. The fourth-order valence-corrected chi connectivity index (χ4v) is 2.68. The van der Waals surface area contributed by atoms with E-state index in [2.05, 4.69) is 4.98 Å². The fourth-order valence-electron chi connectivity index (χ4n) is 1.62. The zero-order valence-corrected chi connectivity index (χ0v) is 10.8. The molecule has 1 heterocycles. The topological polar surface area (TPSA) is 50.2 Å². The van der Waals surface area contributed by atoms with Crippen LogP contribution >= 0.6 is 11.3 Å². The summed E-state index contributed by atoms with van der Waals surface area (Å²) >= 11 is 1.08. The van der Waals surface area contributed by atoms with Crippen LogP contribution in [0.25, 0.3) is 10.6 Å². The zero-order chi connectivity index (χ0) is 13.3. The first kappa shape index (κ1) is 12.7. The van der Waals surface area contributed by atoms with E-state index in [1.807, 2.05) is 13.8 Å². The molecule has 0 aliphatic carbocycles. The van der Waals surface area contributed by atoms with Crippen LogP contribution in [0.3, 0.4) is 0 Å². The summed E-state index contributed by atoms with van der Waals surface area (Å²) in [6, 6.07) is 6.01. The molecule has 0 aliphatic heterocycles. The molecule has 0 atom stereocenters. The molecule has 0 radical (unpaired) electrons. The summed E-state index contributed by atoms with van der Waals surface area (Å²) in [6.45, 7) is 3.77. The molecular weight excluding hydrogens is 253 g/mol. The number of aromatic carboxylic acids is 1. The van der Waals surface area contributed by atoms with Crippen LogP contribution in [-0.4, -0.2) is 16.1 Å². The van der Waals surface area contributed by atoms with E-state index < -0.39 is 5.97 Å². The summed E-state index contributed by atoms with van der Waals surface area (Å²) in [4.78, 5) is 15.7. The lowest BCUT2D eigenvalue weighted by Gasteiger charge is -2.00. The molecule has 1 aromatic heterocycles. The molecule has 0 saturated heterocycles. The number of rotatable bonds is 3. The van der Waals surface area contributed by atoms with Crippen molar-refractivity contribution in [3.05, 3.63) is 40.7 Å². The number of carbonyl (C=O) groups is 1. The van der Waals surface area contributed by atoms with E-state index >= 15 is 0 Å². The van der Waals surface area contributed by atoms with Gasteiger partial charge in [0.15, 0.2) is 0 Å². The van der Waals surface area contributed by atoms with Crippen LogP contribution in [0.15, 0.2) is 24.3 Å². The summed E-state index contributed by atoms with van der Waals surface area (Å²) in [5.41, 5.74) is 1.15. The molecule has 0 unspecified atom stereocenters. The predicted octanol–water partition coefficient (Wildman–Crippen LogP) is 3.77. The predicted molar refractivity (Wildman–Crippen MR) is 68.6 cm³/mol. The molecule has 0 bridgehead atoms. The van der Waals surface area contributed by atoms with Gasteiger partial charge in [-0.1, -0.05) is 26.0 Å². The summed E-state index contributed by atoms with van der Waals surface area (Å²) in [6.07, 6.45) is 0. The van der Waals surface area contributed by atoms with E-state index in [0.717, 1.165) is 11.3 Å². The minimum atomic E-state index is -0.987. The highest BCUT2D eigenvalue weighted by Crippen LogP contribution is 2.31. The van der Waals surface area contributed by atoms with Gasteiger partial charge in [-0.3, -0.25) is 0 Å². The van der Waals surface area contributed by atoms with Crippen LogP contribution in [0.4, 0.5) is 4.39 Å². The standard InChI is InChI=1S/C13H12FNO2S/c1-7(2)10-11(13(16)17)18-12(15-10)8-4-3-5-9(14)6-8/h3-7H,1-2H3,(H,16,17). The van der Waals surface area contributed by atoms with Crippen molar-refractivity contribution in [3.8, 4) is 10.6 Å². The highest BCUT2D eigenvalue weighted by Gasteiger charge is 2.20. The van der Waals surface area contributed by atoms with E-state index in [1.165, 1.54) is 12.1 Å². The molecule has 0 spiro atoms. The molecule has 0 saturated carbocycles. The smallest absolute Gasteiger partial charge is 0.347 e. The van der Waals surface area contributed by atoms with E-state index in [4.69, 9.17) is 5.11 Å². The van der Waals surface area contributed by atoms with Crippen LogP contribution in [0.2, 0.25) is 0 Å². The van der Waals surface area contributed by atoms with Crippen molar-refractivity contribution >= 4 is 17.3 Å². The monoisotopic (exact) mass is 265 g/mol. The van der Waals surface area contributed by atoms with Gasteiger partial charge < -0.3 is 5.11 Å². The number of hydrogen-bond donors (Lipinski definition) is 1. The molecule has 5 heteroatoms. The summed E-state index contributed by atoms with van der Waals surface area (Å²) in [5, 5.41) is 9.66. The third-order valence-corrected chi connectivity index (χ3v) is 3.57. The number of benzene rings is 1. The molecule has 0 amide bonds. The van der Waals surface area contributed by atoms with Gasteiger partial charge in [0.1, 0.15) is 15.7 Å². The summed E-state index contributed by atoms with van der Waals surface area (Å²) < 4.78 is 13.1. The van der Waals surface area contributed by atoms with Crippen molar-refractivity contribution in [2.24, 2.45) is 0 Å². The van der Waals surface area contributed by atoms with Crippen molar-refractivity contribution in [2.45, 2.75) is 19.8 Å². The maximum atomic E-state index is 13.1. The zero-order valence-electron chi connectivity index (χ0n) is 9.98. The fraction of sp³-hybridized carbons (Fsp3) is 0.231. The molecule has 3 nitrogen and oxygen atoms in total. The van der Waals surface area contributed by atoms with Crippen molar-refractivity contribution in [2.75, 3.05) is 0 Å². The van der Waals surface area contributed by atoms with Crippen molar-refractivity contribution in [1.82, 2.24) is 4.98 Å². The highest BCUT2D eigenvalue weighted by molar-refractivity contribution is 7.17. The number of carboxylic acid groups (broad SMARTS) is 1. The number of thiazole rings is 1. The average molecular weight is 265 g/mol. The second kappa shape index (κ2) is 4.86. The Balaban J connectivity index is 2.53. The van der Waals surface area contributed by atoms with Crippen LogP contribution in [0.5, 0.6) is 0 Å². The SMILES string of the molecule is CC(C)c1nc(-c2cccc(F)c2)sc1C(=O)O. The van der Waals surface area contributed by atoms with E-state index in [0.29, 0.717) is 16.3 Å². The molecule has 94 valence electrons. The molecule has 0 aliphatic rings. The number of aromatic nitrogens is 1. The Labute approximate surface area is 108 Å². The third-order valence-electron chi connectivity index (χ3n) is 2.47. The van der Waals surface area contributed by atoms with Crippen LogP contribution in [-0.2, 0) is 0 Å². The van der Waals surface area contributed by atoms with Gasteiger partial charge in [0, 0.05) is 5.56 Å². The van der Waals surface area contributed by atoms with Crippen molar-refractivity contribution in [1.29, 1.82) is 0 Å². The van der Waals surface area contributed by atoms with Gasteiger partial charge >= 0.3 is 5.97 Å². The molecule has 1 N–H and O–H groups in total. The molecular formula is C13H12FNO2S. The Morgan fingerprint density at radius 1 is 1.44 bits per heavy atom. The molecule has 0 fully saturated rings. The largest absolute Gasteiger partial charge is 0.477 e. The minimum absolute atomic E-state index is 0.0228. The lowest BCUT2D eigenvalue weighted by Crippen LogP contribution is -2.00. The van der Waals surface area contributed by atoms with E-state index in [1.54, 1.807) is 12.1 Å². The minimum Gasteiger partial charge on any atom is -0.477 e. The first-order valence-corrected chi connectivity index (χ1v) is 6.30.